The van der Waals surface area contributed by atoms with E-state index in [-0.39, 0.29) is 0 Å². The van der Waals surface area contributed by atoms with E-state index in [1.54, 1.807) is 0 Å². The number of para-hydroxylation sites is 2. The first-order valence-corrected chi connectivity index (χ1v) is 25.1. The number of hydrogen-bond donors (Lipinski definition) is 0. The van der Waals surface area contributed by atoms with Gasteiger partial charge >= 0.3 is 0 Å². The first-order chi connectivity index (χ1) is 35.2. The van der Waals surface area contributed by atoms with Gasteiger partial charge in [-0.2, -0.15) is 0 Å². The minimum absolute atomic E-state index is 1.09. The van der Waals surface area contributed by atoms with Gasteiger partial charge in [-0.05, 0) is 121 Å². The van der Waals surface area contributed by atoms with Crippen LogP contribution in [0.25, 0.3) is 114 Å². The summed E-state index contributed by atoms with van der Waals surface area (Å²) < 4.78 is 4.95. The molecule has 0 spiro atoms. The first kappa shape index (κ1) is 41.0. The highest BCUT2D eigenvalue weighted by Gasteiger charge is 2.23. The molecule has 0 fully saturated rings. The van der Waals surface area contributed by atoms with Crippen LogP contribution in [0, 0.1) is 0 Å². The molecule has 71 heavy (non-hydrogen) atoms. The third kappa shape index (κ3) is 6.85. The Labute approximate surface area is 416 Å². The molecule has 2 heterocycles. The van der Waals surface area contributed by atoms with Crippen molar-refractivity contribution in [2.24, 2.45) is 0 Å². The lowest BCUT2D eigenvalue weighted by Gasteiger charge is -2.27. The minimum atomic E-state index is 1.09. The van der Waals surface area contributed by atoms with E-state index in [1.165, 1.54) is 108 Å². The summed E-state index contributed by atoms with van der Waals surface area (Å²) in [6, 6.07) is 97.9. The van der Waals surface area contributed by atoms with Gasteiger partial charge in [-0.25, -0.2) is 0 Å². The molecule has 3 heteroatoms. The molecule has 14 aromatic rings. The third-order valence-corrected chi connectivity index (χ3v) is 15.6. The van der Waals surface area contributed by atoms with Gasteiger partial charge in [-0.1, -0.05) is 206 Å². The lowest BCUT2D eigenvalue weighted by molar-refractivity contribution is 1.18. The number of aromatic nitrogens is 1. The highest BCUT2D eigenvalue weighted by molar-refractivity contribution is 7.26. The maximum absolute atomic E-state index is 2.47. The Bertz CT molecular complexity index is 4300. The van der Waals surface area contributed by atoms with Crippen molar-refractivity contribution >= 4 is 91.9 Å². The molecule has 0 saturated carbocycles. The van der Waals surface area contributed by atoms with Crippen LogP contribution in [0.5, 0.6) is 0 Å². The van der Waals surface area contributed by atoms with Crippen LogP contribution in [0.1, 0.15) is 0 Å². The Hall–Kier alpha value is -9.02. The molecule has 2 nitrogen and oxygen atoms in total. The summed E-state index contributed by atoms with van der Waals surface area (Å²) in [5, 5.41) is 10.0. The zero-order valence-electron chi connectivity index (χ0n) is 38.7. The quantitative estimate of drug-likeness (QED) is 0.147. The Morgan fingerprint density at radius 3 is 1.51 bits per heavy atom. The van der Waals surface area contributed by atoms with E-state index in [2.05, 4.69) is 276 Å². The number of hydrogen-bond acceptors (Lipinski definition) is 2. The molecule has 0 aliphatic heterocycles. The number of nitrogens with zero attached hydrogens (tertiary/aromatic N) is 2. The van der Waals surface area contributed by atoms with Gasteiger partial charge in [0.05, 0.1) is 16.7 Å². The van der Waals surface area contributed by atoms with Crippen molar-refractivity contribution in [2.45, 2.75) is 0 Å². The zero-order valence-corrected chi connectivity index (χ0v) is 39.5. The summed E-state index contributed by atoms with van der Waals surface area (Å²) >= 11 is 1.89. The molecular weight excluding hydrogens is 877 g/mol. The Morgan fingerprint density at radius 2 is 0.789 bits per heavy atom. The van der Waals surface area contributed by atoms with Crippen LogP contribution >= 0.6 is 11.3 Å². The van der Waals surface area contributed by atoms with Gasteiger partial charge in [-0.15, -0.1) is 11.3 Å². The number of anilines is 3. The topological polar surface area (TPSA) is 8.17 Å². The summed E-state index contributed by atoms with van der Waals surface area (Å²) in [4.78, 5) is 2.47. The SMILES string of the molecule is c1ccc(-n2c3ccccc3c3c(-c4ccc(N(c5ccc(-c6ccc(-c7cccc8ccccc78)cc6)cc5)c5ccc(-c6cccc7ccccc67)c6sc7ccccc7c56)cc4)cccc32)cc1. The van der Waals surface area contributed by atoms with E-state index in [0.717, 1.165) is 22.7 Å². The lowest BCUT2D eigenvalue weighted by atomic mass is 9.95. The van der Waals surface area contributed by atoms with Crippen LogP contribution < -0.4 is 4.90 Å². The highest BCUT2D eigenvalue weighted by Crippen LogP contribution is 2.50. The molecule has 0 saturated heterocycles. The molecule has 0 bridgehead atoms. The summed E-state index contributed by atoms with van der Waals surface area (Å²) in [6.07, 6.45) is 0. The van der Waals surface area contributed by atoms with Gasteiger partial charge in [0, 0.05) is 53.6 Å². The van der Waals surface area contributed by atoms with E-state index in [4.69, 9.17) is 0 Å². The maximum atomic E-state index is 2.47. The molecule has 0 radical (unpaired) electrons. The molecule has 0 amide bonds. The molecular formula is C68H44N2S. The van der Waals surface area contributed by atoms with E-state index in [0.29, 0.717) is 0 Å². The van der Waals surface area contributed by atoms with Gasteiger partial charge in [0.25, 0.3) is 0 Å². The Kier molecular flexibility index (Phi) is 9.75. The fourth-order valence-electron chi connectivity index (χ4n) is 11.1. The van der Waals surface area contributed by atoms with E-state index < -0.39 is 0 Å². The normalized spacial score (nSPS) is 11.7. The standard InChI is InChI=1S/C68H44N2S/c1-2-19-51(20-3-1)70-62-28-10-8-23-60(62)66-57(26-14-29-63(66)70)50-37-41-53(42-38-50)69(52-39-35-46(36-40-52)45-31-33-49(34-32-45)55-25-12-17-47-15-4-6-21-54(47)55)64-44-43-59(58-27-13-18-48-16-5-7-22-56(48)58)68-67(64)61-24-9-11-30-65(61)71-68/h1-44H. The van der Waals surface area contributed by atoms with Crippen LogP contribution in [0.15, 0.2) is 267 Å². The van der Waals surface area contributed by atoms with Crippen molar-refractivity contribution in [1.82, 2.24) is 4.57 Å². The van der Waals surface area contributed by atoms with Gasteiger partial charge in [0.15, 0.2) is 0 Å². The van der Waals surface area contributed by atoms with Gasteiger partial charge < -0.3 is 9.47 Å². The summed E-state index contributed by atoms with van der Waals surface area (Å²) in [7, 11) is 0. The first-order valence-electron chi connectivity index (χ1n) is 24.3. The second-order valence-electron chi connectivity index (χ2n) is 18.4. The number of benzene rings is 12. The smallest absolute Gasteiger partial charge is 0.0555 e. The van der Waals surface area contributed by atoms with Crippen LogP contribution in [-0.4, -0.2) is 4.57 Å². The second kappa shape index (κ2) is 16.9. The van der Waals surface area contributed by atoms with Gasteiger partial charge in [0.2, 0.25) is 0 Å². The Balaban J connectivity index is 0.922. The average molecular weight is 921 g/mol. The van der Waals surface area contributed by atoms with E-state index in [9.17, 15) is 0 Å². The summed E-state index contributed by atoms with van der Waals surface area (Å²) in [5.41, 5.74) is 16.6. The second-order valence-corrected chi connectivity index (χ2v) is 19.4. The molecule has 0 unspecified atom stereocenters. The monoisotopic (exact) mass is 920 g/mol. The molecule has 0 aliphatic rings. The van der Waals surface area contributed by atoms with E-state index in [1.807, 2.05) is 11.3 Å². The number of rotatable bonds is 8. The largest absolute Gasteiger partial charge is 0.310 e. The third-order valence-electron chi connectivity index (χ3n) is 14.4. The van der Waals surface area contributed by atoms with Gasteiger partial charge in [0.1, 0.15) is 0 Å². The van der Waals surface area contributed by atoms with Crippen LogP contribution in [0.4, 0.5) is 17.1 Å². The van der Waals surface area contributed by atoms with Crippen LogP contribution in [0.2, 0.25) is 0 Å². The van der Waals surface area contributed by atoms with Crippen molar-refractivity contribution in [2.75, 3.05) is 4.90 Å². The summed E-state index contributed by atoms with van der Waals surface area (Å²) in [6.45, 7) is 0. The molecule has 0 atom stereocenters. The molecule has 12 aromatic carbocycles. The molecule has 0 aliphatic carbocycles. The number of fused-ring (bicyclic) bond motifs is 8. The zero-order chi connectivity index (χ0) is 46.8. The molecule has 0 N–H and O–H groups in total. The van der Waals surface area contributed by atoms with Crippen LogP contribution in [0.3, 0.4) is 0 Å². The lowest BCUT2D eigenvalue weighted by Crippen LogP contribution is -2.10. The fraction of sp³-hybridized carbons (Fsp3) is 0. The number of thiophene rings is 1. The van der Waals surface area contributed by atoms with Crippen molar-refractivity contribution < 1.29 is 0 Å². The van der Waals surface area contributed by atoms with Crippen molar-refractivity contribution in [3.63, 3.8) is 0 Å². The summed E-state index contributed by atoms with van der Waals surface area (Å²) in [5.74, 6) is 0. The van der Waals surface area contributed by atoms with Crippen molar-refractivity contribution in [3.05, 3.63) is 267 Å². The highest BCUT2D eigenvalue weighted by atomic mass is 32.1. The predicted molar refractivity (Wildman–Crippen MR) is 305 cm³/mol. The average Bonchev–Trinajstić information content (AvgIpc) is 4.01. The van der Waals surface area contributed by atoms with E-state index >= 15 is 0 Å². The molecule has 332 valence electrons. The molecule has 2 aromatic heterocycles. The molecule has 14 rings (SSSR count). The minimum Gasteiger partial charge on any atom is -0.310 e. The maximum Gasteiger partial charge on any atom is 0.0555 e. The van der Waals surface area contributed by atoms with Gasteiger partial charge in [-0.3, -0.25) is 0 Å². The van der Waals surface area contributed by atoms with Crippen molar-refractivity contribution in [3.8, 4) is 50.2 Å². The van der Waals surface area contributed by atoms with Crippen molar-refractivity contribution in [1.29, 1.82) is 0 Å². The predicted octanol–water partition coefficient (Wildman–Crippen LogP) is 19.6. The fourth-order valence-corrected chi connectivity index (χ4v) is 12.4. The van der Waals surface area contributed by atoms with Crippen LogP contribution in [-0.2, 0) is 0 Å². The Morgan fingerprint density at radius 1 is 0.296 bits per heavy atom.